The number of carboxylic acids is 2. The summed E-state index contributed by atoms with van der Waals surface area (Å²) < 4.78 is 10.6. The van der Waals surface area contributed by atoms with Gasteiger partial charge in [-0.05, 0) is 53.1 Å². The Morgan fingerprint density at radius 1 is 0.943 bits per heavy atom. The third-order valence-electron chi connectivity index (χ3n) is 5.26. The van der Waals surface area contributed by atoms with Gasteiger partial charge in [-0.3, -0.25) is 14.4 Å². The Labute approximate surface area is 198 Å². The van der Waals surface area contributed by atoms with E-state index in [1.807, 2.05) is 0 Å². The molecule has 0 saturated carbocycles. The number of benzene rings is 3. The van der Waals surface area contributed by atoms with Crippen LogP contribution in [0.15, 0.2) is 75.9 Å². The van der Waals surface area contributed by atoms with Gasteiger partial charge >= 0.3 is 11.9 Å². The van der Waals surface area contributed by atoms with Crippen molar-refractivity contribution < 1.29 is 33.8 Å². The zero-order valence-electron chi connectivity index (χ0n) is 18.4. The first-order valence-electron chi connectivity index (χ1n) is 10.4. The highest BCUT2D eigenvalue weighted by molar-refractivity contribution is 6.09. The van der Waals surface area contributed by atoms with Crippen LogP contribution in [0.4, 0.5) is 5.69 Å². The van der Waals surface area contributed by atoms with Crippen molar-refractivity contribution >= 4 is 34.5 Å². The van der Waals surface area contributed by atoms with E-state index in [0.717, 1.165) is 6.07 Å². The van der Waals surface area contributed by atoms with Crippen LogP contribution in [-0.2, 0) is 11.2 Å². The van der Waals surface area contributed by atoms with Crippen molar-refractivity contribution in [2.75, 3.05) is 12.4 Å². The molecule has 0 aliphatic heterocycles. The average molecular weight is 473 g/mol. The monoisotopic (exact) mass is 473 g/mol. The van der Waals surface area contributed by atoms with Crippen LogP contribution in [0.3, 0.4) is 0 Å². The summed E-state index contributed by atoms with van der Waals surface area (Å²) in [6.07, 6.45) is -0.188. The molecule has 0 aliphatic rings. The molecule has 0 atom stereocenters. The van der Waals surface area contributed by atoms with Crippen LogP contribution < -0.4 is 15.5 Å². The molecule has 9 nitrogen and oxygen atoms in total. The predicted molar refractivity (Wildman–Crippen MR) is 127 cm³/mol. The maximum atomic E-state index is 12.9. The van der Waals surface area contributed by atoms with Crippen molar-refractivity contribution in [3.8, 4) is 16.9 Å². The molecule has 3 aromatic carbocycles. The number of anilines is 1. The Morgan fingerprint density at radius 2 is 1.69 bits per heavy atom. The van der Waals surface area contributed by atoms with Crippen molar-refractivity contribution in [3.05, 3.63) is 93.8 Å². The summed E-state index contributed by atoms with van der Waals surface area (Å²) in [5.74, 6) is -2.95. The van der Waals surface area contributed by atoms with E-state index in [0.29, 0.717) is 28.0 Å². The summed E-state index contributed by atoms with van der Waals surface area (Å²) in [5.41, 5.74) is 1.34. The smallest absolute Gasteiger partial charge is 0.371 e. The Kier molecular flexibility index (Phi) is 6.32. The fourth-order valence-electron chi connectivity index (χ4n) is 3.60. The summed E-state index contributed by atoms with van der Waals surface area (Å²) in [5, 5.41) is 21.2. The number of rotatable bonds is 7. The first kappa shape index (κ1) is 23.2. The molecule has 1 amide bonds. The van der Waals surface area contributed by atoms with E-state index in [9.17, 15) is 24.3 Å². The lowest BCUT2D eigenvalue weighted by molar-refractivity contribution is -0.136. The van der Waals surface area contributed by atoms with Gasteiger partial charge in [0.15, 0.2) is 11.0 Å². The Hall–Kier alpha value is -4.92. The molecule has 4 rings (SSSR count). The van der Waals surface area contributed by atoms with Gasteiger partial charge in [0.1, 0.15) is 5.75 Å². The van der Waals surface area contributed by atoms with Crippen LogP contribution in [0.25, 0.3) is 22.1 Å². The molecule has 0 radical (unpaired) electrons. The van der Waals surface area contributed by atoms with Gasteiger partial charge in [0.05, 0.1) is 24.6 Å². The van der Waals surface area contributed by atoms with Gasteiger partial charge < -0.3 is 24.7 Å². The standard InChI is InChI=1S/C26H19NO8/c1-34-18-7-5-15(6-8-18)25(31)27-20-12-17(16-4-2-3-14(9-16)10-23(29)30)11-19-21(28)13-22(26(32)33)35-24(19)20/h2-9,11-13H,10H2,1H3,(H,27,31)(H,29,30)(H,32,33). The zero-order chi connectivity index (χ0) is 25.1. The molecule has 176 valence electrons. The van der Waals surface area contributed by atoms with E-state index in [-0.39, 0.29) is 23.1 Å². The number of carboxylic acid groups (broad SMARTS) is 2. The molecule has 0 spiro atoms. The summed E-state index contributed by atoms with van der Waals surface area (Å²) >= 11 is 0. The van der Waals surface area contributed by atoms with E-state index >= 15 is 0 Å². The number of ether oxygens (including phenoxy) is 1. The number of amides is 1. The van der Waals surface area contributed by atoms with Crippen molar-refractivity contribution in [3.63, 3.8) is 0 Å². The number of carbonyl (C=O) groups is 3. The van der Waals surface area contributed by atoms with Gasteiger partial charge in [0.2, 0.25) is 5.76 Å². The molecule has 0 unspecified atom stereocenters. The van der Waals surface area contributed by atoms with E-state index in [2.05, 4.69) is 5.32 Å². The molecule has 9 heteroatoms. The number of hydrogen-bond donors (Lipinski definition) is 3. The second-order valence-corrected chi connectivity index (χ2v) is 7.63. The number of aliphatic carboxylic acids is 1. The van der Waals surface area contributed by atoms with Crippen molar-refractivity contribution in [1.29, 1.82) is 0 Å². The van der Waals surface area contributed by atoms with Crippen molar-refractivity contribution in [1.82, 2.24) is 0 Å². The Morgan fingerprint density at radius 3 is 2.34 bits per heavy atom. The lowest BCUT2D eigenvalue weighted by Gasteiger charge is -2.12. The minimum atomic E-state index is -1.43. The number of methoxy groups -OCH3 is 1. The van der Waals surface area contributed by atoms with E-state index in [1.54, 1.807) is 48.5 Å². The van der Waals surface area contributed by atoms with Gasteiger partial charge in [-0.1, -0.05) is 24.3 Å². The van der Waals surface area contributed by atoms with Gasteiger partial charge in [0, 0.05) is 11.6 Å². The normalized spacial score (nSPS) is 10.7. The molecule has 0 aliphatic carbocycles. The second-order valence-electron chi connectivity index (χ2n) is 7.63. The third kappa shape index (κ3) is 5.03. The highest BCUT2D eigenvalue weighted by Gasteiger charge is 2.18. The van der Waals surface area contributed by atoms with Gasteiger partial charge in [-0.2, -0.15) is 0 Å². The van der Waals surface area contributed by atoms with Gasteiger partial charge in [-0.15, -0.1) is 0 Å². The van der Waals surface area contributed by atoms with Crippen molar-refractivity contribution in [2.45, 2.75) is 6.42 Å². The highest BCUT2D eigenvalue weighted by atomic mass is 16.5. The van der Waals surface area contributed by atoms with Crippen LogP contribution >= 0.6 is 0 Å². The third-order valence-corrected chi connectivity index (χ3v) is 5.26. The number of carbonyl (C=O) groups excluding carboxylic acids is 1. The van der Waals surface area contributed by atoms with E-state index in [4.69, 9.17) is 14.3 Å². The lowest BCUT2D eigenvalue weighted by atomic mass is 9.99. The minimum Gasteiger partial charge on any atom is -0.497 e. The van der Waals surface area contributed by atoms with Crippen LogP contribution in [0.2, 0.25) is 0 Å². The van der Waals surface area contributed by atoms with Crippen LogP contribution in [0.1, 0.15) is 26.5 Å². The van der Waals surface area contributed by atoms with Crippen LogP contribution in [0.5, 0.6) is 5.75 Å². The van der Waals surface area contributed by atoms with Gasteiger partial charge in [-0.25, -0.2) is 4.79 Å². The minimum absolute atomic E-state index is 0.0566. The van der Waals surface area contributed by atoms with E-state index in [1.165, 1.54) is 19.2 Å². The number of nitrogens with one attached hydrogen (secondary N) is 1. The maximum absolute atomic E-state index is 12.9. The molecule has 4 aromatic rings. The average Bonchev–Trinajstić information content (AvgIpc) is 2.84. The van der Waals surface area contributed by atoms with Crippen molar-refractivity contribution in [2.24, 2.45) is 0 Å². The second kappa shape index (κ2) is 9.52. The molecular formula is C26H19NO8. The summed E-state index contributed by atoms with van der Waals surface area (Å²) in [6, 6.07) is 17.0. The van der Waals surface area contributed by atoms with E-state index < -0.39 is 29.0 Å². The van der Waals surface area contributed by atoms with Gasteiger partial charge in [0.25, 0.3) is 5.91 Å². The number of hydrogen-bond acceptors (Lipinski definition) is 6. The fourth-order valence-corrected chi connectivity index (χ4v) is 3.60. The molecule has 0 saturated heterocycles. The predicted octanol–water partition coefficient (Wildman–Crippen LogP) is 4.05. The maximum Gasteiger partial charge on any atom is 0.371 e. The largest absolute Gasteiger partial charge is 0.497 e. The molecule has 3 N–H and O–H groups in total. The summed E-state index contributed by atoms with van der Waals surface area (Å²) in [7, 11) is 1.50. The topological polar surface area (TPSA) is 143 Å². The Balaban J connectivity index is 1.86. The SMILES string of the molecule is COc1ccc(C(=O)Nc2cc(-c3cccc(CC(=O)O)c3)cc3c(=O)cc(C(=O)O)oc23)cc1. The molecule has 1 aromatic heterocycles. The summed E-state index contributed by atoms with van der Waals surface area (Å²) in [6.45, 7) is 0. The molecule has 1 heterocycles. The number of fused-ring (bicyclic) bond motifs is 1. The zero-order valence-corrected chi connectivity index (χ0v) is 18.4. The highest BCUT2D eigenvalue weighted by Crippen LogP contribution is 2.31. The summed E-state index contributed by atoms with van der Waals surface area (Å²) in [4.78, 5) is 48.2. The Bertz CT molecular complexity index is 1520. The molecule has 0 bridgehead atoms. The quantitative estimate of drug-likeness (QED) is 0.365. The molecule has 35 heavy (non-hydrogen) atoms. The fraction of sp³-hybridized carbons (Fsp3) is 0.0769. The lowest BCUT2D eigenvalue weighted by Crippen LogP contribution is -2.14. The van der Waals surface area contributed by atoms with Crippen LogP contribution in [0, 0.1) is 0 Å². The van der Waals surface area contributed by atoms with Crippen LogP contribution in [-0.4, -0.2) is 35.2 Å². The number of aromatic carboxylic acids is 1. The first-order chi connectivity index (χ1) is 16.7. The molecular weight excluding hydrogens is 454 g/mol. The first-order valence-corrected chi connectivity index (χ1v) is 10.4. The molecule has 0 fully saturated rings.